The minimum absolute atomic E-state index is 0. The van der Waals surface area contributed by atoms with Gasteiger partial charge in [-0.3, -0.25) is 0 Å². The molecule has 4 nitrogen and oxygen atoms in total. The molecule has 80 valence electrons. The summed E-state index contributed by atoms with van der Waals surface area (Å²) in [6.07, 6.45) is 0. The van der Waals surface area contributed by atoms with Crippen LogP contribution in [0.2, 0.25) is 0 Å². The van der Waals surface area contributed by atoms with Crippen LogP contribution < -0.4 is 5.73 Å². The number of aliphatic hydroxyl groups is 1. The predicted molar refractivity (Wildman–Crippen MR) is 57.2 cm³/mol. The molecule has 0 aromatic heterocycles. The van der Waals surface area contributed by atoms with Crippen LogP contribution in [0.25, 0.3) is 0 Å². The van der Waals surface area contributed by atoms with E-state index in [2.05, 4.69) is 0 Å². The molecule has 14 heavy (non-hydrogen) atoms. The SMILES string of the molecule is Cl.Nc1ccc(S(=O)(=O)CCO)cc1. The van der Waals surface area contributed by atoms with Gasteiger partial charge in [0, 0.05) is 5.69 Å². The van der Waals surface area contributed by atoms with Gasteiger partial charge in [-0.1, -0.05) is 0 Å². The maximum absolute atomic E-state index is 11.3. The maximum atomic E-state index is 11.3. The fourth-order valence-electron chi connectivity index (χ4n) is 0.913. The van der Waals surface area contributed by atoms with Crippen LogP contribution in [0.5, 0.6) is 0 Å². The Labute approximate surface area is 89.1 Å². The molecule has 0 amide bonds. The standard InChI is InChI=1S/C8H11NO3S.ClH/c9-7-1-3-8(4-2-7)13(11,12)6-5-10;/h1-4,10H,5-6,9H2;1H. The lowest BCUT2D eigenvalue weighted by atomic mass is 10.3. The molecule has 0 radical (unpaired) electrons. The lowest BCUT2D eigenvalue weighted by molar-refractivity contribution is 0.319. The molecule has 0 fully saturated rings. The third-order valence-corrected chi connectivity index (χ3v) is 3.31. The molecule has 6 heteroatoms. The molecule has 0 aliphatic carbocycles. The Balaban J connectivity index is 0.00000169. The van der Waals surface area contributed by atoms with Gasteiger partial charge in [0.25, 0.3) is 0 Å². The average molecular weight is 238 g/mol. The van der Waals surface area contributed by atoms with Crippen molar-refractivity contribution in [3.05, 3.63) is 24.3 Å². The summed E-state index contributed by atoms with van der Waals surface area (Å²) in [5.74, 6) is -0.253. The minimum atomic E-state index is -3.33. The molecule has 0 saturated carbocycles. The van der Waals surface area contributed by atoms with Gasteiger partial charge in [-0.25, -0.2) is 8.42 Å². The second-order valence-electron chi connectivity index (χ2n) is 2.61. The van der Waals surface area contributed by atoms with Crippen molar-refractivity contribution in [1.29, 1.82) is 0 Å². The van der Waals surface area contributed by atoms with Gasteiger partial charge in [0.1, 0.15) is 0 Å². The number of sulfone groups is 1. The summed E-state index contributed by atoms with van der Waals surface area (Å²) in [6.45, 7) is -0.368. The van der Waals surface area contributed by atoms with Gasteiger partial charge in [0.05, 0.1) is 17.3 Å². The van der Waals surface area contributed by atoms with Gasteiger partial charge in [-0.15, -0.1) is 12.4 Å². The quantitative estimate of drug-likeness (QED) is 0.749. The van der Waals surface area contributed by atoms with Crippen LogP contribution in [0.3, 0.4) is 0 Å². The first kappa shape index (κ1) is 13.2. The summed E-state index contributed by atoms with van der Waals surface area (Å²) in [5, 5.41) is 8.51. The highest BCUT2D eigenvalue weighted by Crippen LogP contribution is 2.12. The zero-order chi connectivity index (χ0) is 9.90. The topological polar surface area (TPSA) is 80.4 Å². The van der Waals surface area contributed by atoms with E-state index in [9.17, 15) is 8.42 Å². The normalized spacial score (nSPS) is 10.6. The van der Waals surface area contributed by atoms with Crippen LogP contribution in [0, 0.1) is 0 Å². The molecule has 0 atom stereocenters. The number of nitrogens with two attached hydrogens (primary N) is 1. The molecule has 0 aliphatic rings. The molecular formula is C8H12ClNO3S. The number of hydrogen-bond donors (Lipinski definition) is 2. The Bertz CT molecular complexity index is 374. The fraction of sp³-hybridized carbons (Fsp3) is 0.250. The Morgan fingerprint density at radius 3 is 2.14 bits per heavy atom. The van der Waals surface area contributed by atoms with Gasteiger partial charge >= 0.3 is 0 Å². The molecule has 0 saturated heterocycles. The lowest BCUT2D eigenvalue weighted by Crippen LogP contribution is -2.09. The maximum Gasteiger partial charge on any atom is 0.180 e. The smallest absolute Gasteiger partial charge is 0.180 e. The molecular weight excluding hydrogens is 226 g/mol. The molecule has 1 aromatic carbocycles. The van der Waals surface area contributed by atoms with Crippen molar-refractivity contribution in [2.45, 2.75) is 4.90 Å². The number of nitrogen functional groups attached to an aromatic ring is 1. The summed E-state index contributed by atoms with van der Waals surface area (Å²) < 4.78 is 22.7. The predicted octanol–water partition coefficient (Wildman–Crippen LogP) is 0.457. The second-order valence-corrected chi connectivity index (χ2v) is 4.72. The van der Waals surface area contributed by atoms with E-state index in [0.29, 0.717) is 5.69 Å². The van der Waals surface area contributed by atoms with Gasteiger partial charge in [-0.2, -0.15) is 0 Å². The largest absolute Gasteiger partial charge is 0.399 e. The first-order valence-electron chi connectivity index (χ1n) is 3.75. The van der Waals surface area contributed by atoms with Gasteiger partial charge in [-0.05, 0) is 24.3 Å². The van der Waals surface area contributed by atoms with E-state index < -0.39 is 9.84 Å². The number of aliphatic hydroxyl groups excluding tert-OH is 1. The van der Waals surface area contributed by atoms with E-state index >= 15 is 0 Å². The van der Waals surface area contributed by atoms with E-state index in [1.54, 1.807) is 0 Å². The molecule has 0 aliphatic heterocycles. The van der Waals surface area contributed by atoms with Crippen molar-refractivity contribution in [2.75, 3.05) is 18.1 Å². The van der Waals surface area contributed by atoms with Crippen LogP contribution in [-0.2, 0) is 9.84 Å². The van der Waals surface area contributed by atoms with Gasteiger partial charge in [0.2, 0.25) is 0 Å². The lowest BCUT2D eigenvalue weighted by Gasteiger charge is -2.01. The second kappa shape index (κ2) is 5.19. The van der Waals surface area contributed by atoms with Gasteiger partial charge < -0.3 is 10.8 Å². The van der Waals surface area contributed by atoms with Crippen molar-refractivity contribution in [2.24, 2.45) is 0 Å². The average Bonchev–Trinajstić information content (AvgIpc) is 2.05. The van der Waals surface area contributed by atoms with Crippen molar-refractivity contribution in [1.82, 2.24) is 0 Å². The van der Waals surface area contributed by atoms with Gasteiger partial charge in [0.15, 0.2) is 9.84 Å². The van der Waals surface area contributed by atoms with Crippen LogP contribution in [-0.4, -0.2) is 25.9 Å². The van der Waals surface area contributed by atoms with Crippen LogP contribution in [0.1, 0.15) is 0 Å². The fourth-order valence-corrected chi connectivity index (χ4v) is 1.94. The van der Waals surface area contributed by atoms with Crippen molar-refractivity contribution in [3.63, 3.8) is 0 Å². The first-order valence-corrected chi connectivity index (χ1v) is 5.40. The number of benzene rings is 1. The first-order chi connectivity index (χ1) is 6.06. The highest BCUT2D eigenvalue weighted by molar-refractivity contribution is 7.91. The molecule has 0 bridgehead atoms. The van der Waals surface area contributed by atoms with Crippen LogP contribution >= 0.6 is 12.4 Å². The summed E-state index contributed by atoms with van der Waals surface area (Å²) >= 11 is 0. The Kier molecular flexibility index (Phi) is 4.90. The molecule has 1 aromatic rings. The summed E-state index contributed by atoms with van der Waals surface area (Å²) in [7, 11) is -3.33. The van der Waals surface area contributed by atoms with Crippen LogP contribution in [0.4, 0.5) is 5.69 Å². The molecule has 3 N–H and O–H groups in total. The number of rotatable bonds is 3. The third-order valence-electron chi connectivity index (χ3n) is 1.60. The Hall–Kier alpha value is -0.780. The third kappa shape index (κ3) is 3.17. The number of hydrogen-bond acceptors (Lipinski definition) is 4. The van der Waals surface area contributed by atoms with E-state index in [-0.39, 0.29) is 29.7 Å². The van der Waals surface area contributed by atoms with E-state index in [1.807, 2.05) is 0 Å². The number of anilines is 1. The highest BCUT2D eigenvalue weighted by Gasteiger charge is 2.12. The van der Waals surface area contributed by atoms with Crippen LogP contribution in [0.15, 0.2) is 29.2 Å². The zero-order valence-corrected chi connectivity index (χ0v) is 9.01. The van der Waals surface area contributed by atoms with E-state index in [1.165, 1.54) is 24.3 Å². The van der Waals surface area contributed by atoms with Crippen molar-refractivity contribution in [3.8, 4) is 0 Å². The molecule has 1 rings (SSSR count). The molecule has 0 heterocycles. The summed E-state index contributed by atoms with van der Waals surface area (Å²) in [5.41, 5.74) is 5.92. The zero-order valence-electron chi connectivity index (χ0n) is 7.38. The minimum Gasteiger partial charge on any atom is -0.399 e. The highest BCUT2D eigenvalue weighted by atomic mass is 35.5. The molecule has 0 spiro atoms. The monoisotopic (exact) mass is 237 g/mol. The van der Waals surface area contributed by atoms with E-state index in [4.69, 9.17) is 10.8 Å². The molecule has 0 unspecified atom stereocenters. The Morgan fingerprint density at radius 1 is 1.21 bits per heavy atom. The van der Waals surface area contributed by atoms with E-state index in [0.717, 1.165) is 0 Å². The number of halogens is 1. The van der Waals surface area contributed by atoms with Crippen molar-refractivity contribution < 1.29 is 13.5 Å². The Morgan fingerprint density at radius 2 is 1.71 bits per heavy atom. The summed E-state index contributed by atoms with van der Waals surface area (Å²) in [4.78, 5) is 0.191. The summed E-state index contributed by atoms with van der Waals surface area (Å²) in [6, 6.07) is 5.90. The van der Waals surface area contributed by atoms with Crippen molar-refractivity contribution >= 4 is 27.9 Å².